The van der Waals surface area contributed by atoms with Crippen molar-refractivity contribution in [3.63, 3.8) is 0 Å². The summed E-state index contributed by atoms with van der Waals surface area (Å²) in [7, 11) is -7.38. The van der Waals surface area contributed by atoms with Crippen molar-refractivity contribution in [3.05, 3.63) is 54.1 Å². The molecule has 24 heavy (non-hydrogen) atoms. The van der Waals surface area contributed by atoms with E-state index < -0.39 is 20.0 Å². The van der Waals surface area contributed by atoms with Crippen molar-refractivity contribution in [3.8, 4) is 5.75 Å². The van der Waals surface area contributed by atoms with Crippen molar-refractivity contribution < 1.29 is 21.0 Å². The van der Waals surface area contributed by atoms with Crippen LogP contribution in [0.15, 0.2) is 58.3 Å². The molecule has 0 heterocycles. The standard InChI is InChI=1S/C17H20O5S2/c1-4-13(2)14-5-7-15(8-6-14)22-24(20,21)17-11-9-16(10-12-17)23(3,18)19/h5-13H,4H2,1-3H3. The molecule has 0 radical (unpaired) electrons. The van der Waals surface area contributed by atoms with Gasteiger partial charge < -0.3 is 4.18 Å². The molecule has 130 valence electrons. The topological polar surface area (TPSA) is 77.5 Å². The van der Waals surface area contributed by atoms with Crippen LogP contribution < -0.4 is 4.18 Å². The highest BCUT2D eigenvalue weighted by Gasteiger charge is 2.18. The van der Waals surface area contributed by atoms with Gasteiger partial charge in [-0.15, -0.1) is 0 Å². The first kappa shape index (κ1) is 18.5. The van der Waals surface area contributed by atoms with Crippen molar-refractivity contribution in [2.24, 2.45) is 0 Å². The van der Waals surface area contributed by atoms with Crippen LogP contribution in [0.5, 0.6) is 5.75 Å². The van der Waals surface area contributed by atoms with E-state index in [4.69, 9.17) is 4.18 Å². The number of sulfone groups is 1. The second kappa shape index (κ2) is 6.94. The Morgan fingerprint density at radius 1 is 0.875 bits per heavy atom. The Morgan fingerprint density at radius 2 is 1.38 bits per heavy atom. The summed E-state index contributed by atoms with van der Waals surface area (Å²) in [4.78, 5) is -0.0414. The number of rotatable bonds is 6. The molecule has 0 spiro atoms. The Hall–Kier alpha value is -1.86. The van der Waals surface area contributed by atoms with Crippen LogP contribution in [0.3, 0.4) is 0 Å². The van der Waals surface area contributed by atoms with Gasteiger partial charge in [0.05, 0.1) is 4.90 Å². The first-order valence-electron chi connectivity index (χ1n) is 7.48. The summed E-state index contributed by atoms with van der Waals surface area (Å²) in [5.74, 6) is 0.605. The fourth-order valence-corrected chi connectivity index (χ4v) is 3.68. The minimum absolute atomic E-state index is 0.0550. The van der Waals surface area contributed by atoms with Crippen LogP contribution in [0.4, 0.5) is 0 Å². The SMILES string of the molecule is CCC(C)c1ccc(OS(=O)(=O)c2ccc(S(C)(=O)=O)cc2)cc1. The van der Waals surface area contributed by atoms with Gasteiger partial charge in [-0.2, -0.15) is 8.42 Å². The first-order valence-corrected chi connectivity index (χ1v) is 10.8. The van der Waals surface area contributed by atoms with Crippen molar-refractivity contribution in [2.45, 2.75) is 36.0 Å². The van der Waals surface area contributed by atoms with Crippen LogP contribution >= 0.6 is 0 Å². The van der Waals surface area contributed by atoms with Crippen LogP contribution in [0.2, 0.25) is 0 Å². The van der Waals surface area contributed by atoms with Gasteiger partial charge in [-0.3, -0.25) is 0 Å². The second-order valence-corrected chi connectivity index (χ2v) is 9.22. The lowest BCUT2D eigenvalue weighted by molar-refractivity contribution is 0.485. The lowest BCUT2D eigenvalue weighted by atomic mass is 9.99. The maximum atomic E-state index is 12.3. The Bertz CT molecular complexity index is 896. The Kier molecular flexibility index (Phi) is 5.35. The minimum Gasteiger partial charge on any atom is -0.379 e. The zero-order chi connectivity index (χ0) is 18.0. The highest BCUT2D eigenvalue weighted by atomic mass is 32.2. The van der Waals surface area contributed by atoms with Gasteiger partial charge in [-0.25, -0.2) is 8.42 Å². The van der Waals surface area contributed by atoms with E-state index in [-0.39, 0.29) is 15.5 Å². The van der Waals surface area contributed by atoms with Gasteiger partial charge in [0.25, 0.3) is 0 Å². The predicted molar refractivity (Wildman–Crippen MR) is 92.5 cm³/mol. The highest BCUT2D eigenvalue weighted by molar-refractivity contribution is 7.90. The highest BCUT2D eigenvalue weighted by Crippen LogP contribution is 2.24. The normalized spacial score (nSPS) is 13.5. The quantitative estimate of drug-likeness (QED) is 0.731. The van der Waals surface area contributed by atoms with Gasteiger partial charge in [0.15, 0.2) is 9.84 Å². The van der Waals surface area contributed by atoms with E-state index in [0.717, 1.165) is 18.2 Å². The van der Waals surface area contributed by atoms with Gasteiger partial charge in [0.2, 0.25) is 0 Å². The maximum absolute atomic E-state index is 12.3. The Balaban J connectivity index is 2.22. The van der Waals surface area contributed by atoms with E-state index in [1.807, 2.05) is 12.1 Å². The van der Waals surface area contributed by atoms with E-state index in [2.05, 4.69) is 13.8 Å². The van der Waals surface area contributed by atoms with Crippen LogP contribution in [0.25, 0.3) is 0 Å². The molecule has 0 amide bonds. The fraction of sp³-hybridized carbons (Fsp3) is 0.294. The van der Waals surface area contributed by atoms with E-state index >= 15 is 0 Å². The Labute approximate surface area is 143 Å². The molecule has 0 aliphatic carbocycles. The largest absolute Gasteiger partial charge is 0.379 e. The van der Waals surface area contributed by atoms with E-state index in [1.165, 1.54) is 24.3 Å². The molecule has 2 aromatic carbocycles. The third-order valence-corrected chi connectivity index (χ3v) is 6.20. The van der Waals surface area contributed by atoms with E-state index in [0.29, 0.717) is 5.92 Å². The summed E-state index contributed by atoms with van der Waals surface area (Å²) in [6.07, 6.45) is 2.05. The molecule has 2 aromatic rings. The first-order chi connectivity index (χ1) is 11.1. The summed E-state index contributed by atoms with van der Waals surface area (Å²) < 4.78 is 52.5. The monoisotopic (exact) mass is 368 g/mol. The molecule has 0 saturated carbocycles. The van der Waals surface area contributed by atoms with Crippen molar-refractivity contribution in [1.82, 2.24) is 0 Å². The lowest BCUT2D eigenvalue weighted by Crippen LogP contribution is -2.10. The average Bonchev–Trinajstić information content (AvgIpc) is 2.54. The molecular formula is C17H20O5S2. The van der Waals surface area contributed by atoms with Gasteiger partial charge in [0, 0.05) is 6.26 Å². The molecule has 0 N–H and O–H groups in total. The molecule has 5 nitrogen and oxygen atoms in total. The summed E-state index contributed by atoms with van der Waals surface area (Å²) in [5.41, 5.74) is 1.11. The zero-order valence-electron chi connectivity index (χ0n) is 13.8. The van der Waals surface area contributed by atoms with Gasteiger partial charge in [0.1, 0.15) is 10.6 Å². The van der Waals surface area contributed by atoms with Crippen LogP contribution in [-0.2, 0) is 20.0 Å². The number of benzene rings is 2. The molecule has 0 aliphatic heterocycles. The summed E-state index contributed by atoms with van der Waals surface area (Å²) >= 11 is 0. The molecule has 2 rings (SSSR count). The molecule has 0 aromatic heterocycles. The van der Waals surface area contributed by atoms with Crippen LogP contribution in [-0.4, -0.2) is 23.1 Å². The average molecular weight is 368 g/mol. The van der Waals surface area contributed by atoms with Crippen molar-refractivity contribution in [1.29, 1.82) is 0 Å². The molecule has 1 atom stereocenters. The Morgan fingerprint density at radius 3 is 1.83 bits per heavy atom. The zero-order valence-corrected chi connectivity index (χ0v) is 15.4. The van der Waals surface area contributed by atoms with Gasteiger partial charge in [-0.1, -0.05) is 26.0 Å². The third-order valence-electron chi connectivity index (χ3n) is 3.81. The van der Waals surface area contributed by atoms with Gasteiger partial charge in [-0.05, 0) is 54.3 Å². The molecule has 0 aliphatic rings. The van der Waals surface area contributed by atoms with Crippen LogP contribution in [0.1, 0.15) is 31.7 Å². The predicted octanol–water partition coefficient (Wildman–Crippen LogP) is 3.37. The lowest BCUT2D eigenvalue weighted by Gasteiger charge is -2.11. The van der Waals surface area contributed by atoms with Gasteiger partial charge >= 0.3 is 10.1 Å². The molecule has 0 fully saturated rings. The summed E-state index contributed by atoms with van der Waals surface area (Å²) in [6, 6.07) is 11.8. The smallest absolute Gasteiger partial charge is 0.339 e. The van der Waals surface area contributed by atoms with Crippen molar-refractivity contribution >= 4 is 20.0 Å². The number of hydrogen-bond donors (Lipinski definition) is 0. The summed E-state index contributed by atoms with van der Waals surface area (Å²) in [5, 5.41) is 0. The number of hydrogen-bond acceptors (Lipinski definition) is 5. The van der Waals surface area contributed by atoms with E-state index in [9.17, 15) is 16.8 Å². The fourth-order valence-electron chi connectivity index (χ4n) is 2.12. The minimum atomic E-state index is -4.01. The molecule has 0 saturated heterocycles. The van der Waals surface area contributed by atoms with Crippen molar-refractivity contribution in [2.75, 3.05) is 6.26 Å². The van der Waals surface area contributed by atoms with Crippen LogP contribution in [0, 0.1) is 0 Å². The third kappa shape index (κ3) is 4.36. The maximum Gasteiger partial charge on any atom is 0.339 e. The summed E-state index contributed by atoms with van der Waals surface area (Å²) in [6.45, 7) is 4.18. The molecule has 7 heteroatoms. The molecule has 0 bridgehead atoms. The van der Waals surface area contributed by atoms with E-state index in [1.54, 1.807) is 12.1 Å². The molecular weight excluding hydrogens is 348 g/mol. The molecule has 1 unspecified atom stereocenters. The second-order valence-electron chi connectivity index (χ2n) is 5.66.